The van der Waals surface area contributed by atoms with Gasteiger partial charge in [-0.2, -0.15) is 0 Å². The quantitative estimate of drug-likeness (QED) is 0.778. The van der Waals surface area contributed by atoms with Gasteiger partial charge in [0.05, 0.1) is 4.88 Å². The molecule has 122 valence electrons. The Balaban J connectivity index is 1.94. The lowest BCUT2D eigenvalue weighted by molar-refractivity contribution is -0.128. The molecule has 23 heavy (non-hydrogen) atoms. The van der Waals surface area contributed by atoms with E-state index in [-0.39, 0.29) is 5.91 Å². The Bertz CT molecular complexity index is 693. The largest absolute Gasteiger partial charge is 0.480 e. The number of ether oxygens (including phenoxy) is 1. The molecule has 0 saturated carbocycles. The number of aryl methyl sites for hydroxylation is 2. The van der Waals surface area contributed by atoms with Crippen LogP contribution in [0, 0.1) is 13.8 Å². The van der Waals surface area contributed by atoms with Crippen molar-refractivity contribution in [3.63, 3.8) is 0 Å². The second-order valence-electron chi connectivity index (χ2n) is 5.05. The van der Waals surface area contributed by atoms with Gasteiger partial charge in [0.25, 0.3) is 11.8 Å². The smallest absolute Gasteiger partial charge is 0.279 e. The van der Waals surface area contributed by atoms with Crippen LogP contribution in [-0.4, -0.2) is 17.9 Å². The van der Waals surface area contributed by atoms with Gasteiger partial charge >= 0.3 is 0 Å². The van der Waals surface area contributed by atoms with Crippen LogP contribution >= 0.6 is 27.3 Å². The molecule has 0 fully saturated rings. The zero-order valence-electron chi connectivity index (χ0n) is 13.0. The van der Waals surface area contributed by atoms with E-state index in [4.69, 9.17) is 4.74 Å². The molecule has 0 spiro atoms. The number of carbonyl (C=O) groups excluding carboxylic acids is 2. The van der Waals surface area contributed by atoms with Gasteiger partial charge in [-0.3, -0.25) is 20.4 Å². The lowest BCUT2D eigenvalue weighted by atomic mass is 10.1. The molecular weight excluding hydrogens is 380 g/mol. The van der Waals surface area contributed by atoms with Crippen molar-refractivity contribution in [2.24, 2.45) is 0 Å². The summed E-state index contributed by atoms with van der Waals surface area (Å²) in [6.45, 7) is 5.46. The Labute approximate surface area is 147 Å². The maximum absolute atomic E-state index is 12.1. The summed E-state index contributed by atoms with van der Waals surface area (Å²) in [5, 5.41) is 1.79. The zero-order chi connectivity index (χ0) is 17.0. The zero-order valence-corrected chi connectivity index (χ0v) is 15.4. The van der Waals surface area contributed by atoms with E-state index < -0.39 is 12.0 Å². The Hall–Kier alpha value is -1.86. The predicted molar refractivity (Wildman–Crippen MR) is 93.6 cm³/mol. The summed E-state index contributed by atoms with van der Waals surface area (Å²) < 4.78 is 6.69. The first-order chi connectivity index (χ1) is 10.9. The maximum Gasteiger partial charge on any atom is 0.279 e. The number of carbonyl (C=O) groups is 2. The van der Waals surface area contributed by atoms with Gasteiger partial charge in [0.2, 0.25) is 0 Å². The molecule has 2 aromatic rings. The van der Waals surface area contributed by atoms with Gasteiger partial charge in [-0.05, 0) is 55.5 Å². The van der Waals surface area contributed by atoms with Crippen LogP contribution in [0.3, 0.4) is 0 Å². The number of rotatable bonds is 4. The molecule has 2 amide bonds. The molecule has 1 heterocycles. The van der Waals surface area contributed by atoms with Crippen LogP contribution < -0.4 is 15.6 Å². The Morgan fingerprint density at radius 1 is 1.22 bits per heavy atom. The van der Waals surface area contributed by atoms with Gasteiger partial charge in [0, 0.05) is 4.47 Å². The molecule has 0 aliphatic heterocycles. The molecule has 7 heteroatoms. The molecule has 1 aromatic carbocycles. The van der Waals surface area contributed by atoms with Crippen molar-refractivity contribution in [2.75, 3.05) is 0 Å². The molecule has 5 nitrogen and oxygen atoms in total. The summed E-state index contributed by atoms with van der Waals surface area (Å²) >= 11 is 4.72. The Morgan fingerprint density at radius 3 is 2.43 bits per heavy atom. The van der Waals surface area contributed by atoms with Crippen LogP contribution in [-0.2, 0) is 4.79 Å². The number of benzene rings is 1. The van der Waals surface area contributed by atoms with Gasteiger partial charge < -0.3 is 4.74 Å². The third kappa shape index (κ3) is 4.56. The van der Waals surface area contributed by atoms with Crippen molar-refractivity contribution in [1.29, 1.82) is 0 Å². The fraction of sp³-hybridized carbons (Fsp3) is 0.250. The number of hydrazine groups is 1. The highest BCUT2D eigenvalue weighted by molar-refractivity contribution is 9.10. The van der Waals surface area contributed by atoms with Crippen molar-refractivity contribution in [3.8, 4) is 5.75 Å². The summed E-state index contributed by atoms with van der Waals surface area (Å²) in [5.74, 6) is -0.103. The highest BCUT2D eigenvalue weighted by atomic mass is 79.9. The molecule has 2 N–H and O–H groups in total. The van der Waals surface area contributed by atoms with Gasteiger partial charge in [-0.15, -0.1) is 11.3 Å². The van der Waals surface area contributed by atoms with Gasteiger partial charge in [-0.25, -0.2) is 0 Å². The SMILES string of the molecule is Cc1cc(Br)cc(C)c1OC(C)C(=O)NNC(=O)c1cccs1. The van der Waals surface area contributed by atoms with E-state index in [1.165, 1.54) is 11.3 Å². The van der Waals surface area contributed by atoms with E-state index in [0.717, 1.165) is 15.6 Å². The molecule has 1 atom stereocenters. The maximum atomic E-state index is 12.1. The van der Waals surface area contributed by atoms with E-state index in [2.05, 4.69) is 26.8 Å². The van der Waals surface area contributed by atoms with Crippen molar-refractivity contribution in [3.05, 3.63) is 50.1 Å². The van der Waals surface area contributed by atoms with Crippen LogP contribution in [0.5, 0.6) is 5.75 Å². The standard InChI is InChI=1S/C16H17BrN2O3S/c1-9-7-12(17)8-10(2)14(9)22-11(3)15(20)18-19-16(21)13-5-4-6-23-13/h4-8,11H,1-3H3,(H,18,20)(H,19,21). The monoisotopic (exact) mass is 396 g/mol. The molecule has 0 aliphatic rings. The van der Waals surface area contributed by atoms with E-state index in [0.29, 0.717) is 10.6 Å². The first-order valence-electron chi connectivity index (χ1n) is 6.95. The van der Waals surface area contributed by atoms with E-state index in [1.54, 1.807) is 24.4 Å². The summed E-state index contributed by atoms with van der Waals surface area (Å²) in [6, 6.07) is 7.30. The Kier molecular flexibility index (Phi) is 5.79. The van der Waals surface area contributed by atoms with Crippen LogP contribution in [0.2, 0.25) is 0 Å². The van der Waals surface area contributed by atoms with Crippen LogP contribution in [0.25, 0.3) is 0 Å². The molecule has 1 aromatic heterocycles. The summed E-state index contributed by atoms with van der Waals surface area (Å²) in [4.78, 5) is 24.4. The van der Waals surface area contributed by atoms with E-state index in [1.807, 2.05) is 26.0 Å². The molecule has 0 saturated heterocycles. The van der Waals surface area contributed by atoms with Gasteiger partial charge in [0.15, 0.2) is 6.10 Å². The normalized spacial score (nSPS) is 11.7. The van der Waals surface area contributed by atoms with Gasteiger partial charge in [-0.1, -0.05) is 22.0 Å². The lowest BCUT2D eigenvalue weighted by Gasteiger charge is -2.18. The topological polar surface area (TPSA) is 67.4 Å². The average Bonchev–Trinajstić information content (AvgIpc) is 3.02. The van der Waals surface area contributed by atoms with Crippen molar-refractivity contribution in [2.45, 2.75) is 26.9 Å². The fourth-order valence-corrected chi connectivity index (χ4v) is 3.31. The van der Waals surface area contributed by atoms with Crippen molar-refractivity contribution < 1.29 is 14.3 Å². The van der Waals surface area contributed by atoms with Crippen molar-refractivity contribution in [1.82, 2.24) is 10.9 Å². The summed E-state index contributed by atoms with van der Waals surface area (Å²) in [5.41, 5.74) is 6.61. The summed E-state index contributed by atoms with van der Waals surface area (Å²) in [6.07, 6.45) is -0.739. The second-order valence-corrected chi connectivity index (χ2v) is 6.91. The minimum absolute atomic E-state index is 0.350. The third-order valence-electron chi connectivity index (χ3n) is 3.13. The third-order valence-corrected chi connectivity index (χ3v) is 4.46. The first kappa shape index (κ1) is 17.5. The van der Waals surface area contributed by atoms with E-state index in [9.17, 15) is 9.59 Å². The predicted octanol–water partition coefficient (Wildman–Crippen LogP) is 3.36. The van der Waals surface area contributed by atoms with Gasteiger partial charge in [0.1, 0.15) is 5.75 Å². The average molecular weight is 397 g/mol. The number of halogens is 1. The highest BCUT2D eigenvalue weighted by Crippen LogP contribution is 2.28. The molecule has 0 bridgehead atoms. The number of hydrogen-bond acceptors (Lipinski definition) is 4. The number of amides is 2. The van der Waals surface area contributed by atoms with E-state index >= 15 is 0 Å². The highest BCUT2D eigenvalue weighted by Gasteiger charge is 2.18. The fourth-order valence-electron chi connectivity index (χ4n) is 2.00. The van der Waals surface area contributed by atoms with Crippen LogP contribution in [0.15, 0.2) is 34.1 Å². The molecule has 1 unspecified atom stereocenters. The molecular formula is C16H17BrN2O3S. The minimum atomic E-state index is -0.739. The second kappa shape index (κ2) is 7.61. The van der Waals surface area contributed by atoms with Crippen LogP contribution in [0.1, 0.15) is 27.7 Å². The van der Waals surface area contributed by atoms with Crippen molar-refractivity contribution >= 4 is 39.1 Å². The number of thiophene rings is 1. The molecule has 0 aliphatic carbocycles. The Morgan fingerprint density at radius 2 is 1.87 bits per heavy atom. The number of nitrogens with one attached hydrogen (secondary N) is 2. The molecule has 0 radical (unpaired) electrons. The lowest BCUT2D eigenvalue weighted by Crippen LogP contribution is -2.47. The molecule has 2 rings (SSSR count). The summed E-state index contributed by atoms with van der Waals surface area (Å²) in [7, 11) is 0. The van der Waals surface area contributed by atoms with Crippen LogP contribution in [0.4, 0.5) is 0 Å². The minimum Gasteiger partial charge on any atom is -0.480 e. The first-order valence-corrected chi connectivity index (χ1v) is 8.63. The number of hydrogen-bond donors (Lipinski definition) is 2.